The Bertz CT molecular complexity index is 777. The molecule has 0 fully saturated rings. The number of phenols is 1. The minimum atomic E-state index is -1.22. The maximum atomic E-state index is 13.0. The summed E-state index contributed by atoms with van der Waals surface area (Å²) in [4.78, 5) is 26.1. The van der Waals surface area contributed by atoms with Crippen LogP contribution in [0, 0.1) is 26.2 Å². The van der Waals surface area contributed by atoms with Crippen molar-refractivity contribution in [3.05, 3.63) is 33.4 Å². The molecule has 2 aliphatic rings. The highest BCUT2D eigenvalue weighted by Gasteiger charge is 2.62. The molecule has 0 spiro atoms. The summed E-state index contributed by atoms with van der Waals surface area (Å²) >= 11 is 0. The quantitative estimate of drug-likeness (QED) is 0.791. The topological polar surface area (TPSA) is 63.6 Å². The maximum Gasteiger partial charge on any atom is 0.203 e. The van der Waals surface area contributed by atoms with Gasteiger partial charge in [0.1, 0.15) is 11.5 Å². The van der Waals surface area contributed by atoms with Crippen LogP contribution in [0.2, 0.25) is 0 Å². The molecule has 128 valence electrons. The fourth-order valence-electron chi connectivity index (χ4n) is 4.06. The van der Waals surface area contributed by atoms with Crippen molar-refractivity contribution in [2.45, 2.75) is 60.5 Å². The second-order valence-corrected chi connectivity index (χ2v) is 7.58. The van der Waals surface area contributed by atoms with Gasteiger partial charge in [-0.05, 0) is 77.2 Å². The van der Waals surface area contributed by atoms with Gasteiger partial charge in [-0.2, -0.15) is 0 Å². The molecule has 0 radical (unpaired) electrons. The molecule has 3 rings (SSSR count). The first-order chi connectivity index (χ1) is 11.0. The number of ketones is 2. The fraction of sp³-hybridized carbons (Fsp3) is 0.500. The van der Waals surface area contributed by atoms with Crippen LogP contribution in [0.5, 0.6) is 11.5 Å². The molecule has 4 heteroatoms. The smallest absolute Gasteiger partial charge is 0.203 e. The van der Waals surface area contributed by atoms with Crippen LogP contribution in [-0.4, -0.2) is 22.3 Å². The van der Waals surface area contributed by atoms with Crippen molar-refractivity contribution < 1.29 is 19.4 Å². The molecule has 1 aromatic rings. The molecule has 2 atom stereocenters. The van der Waals surface area contributed by atoms with E-state index in [9.17, 15) is 14.7 Å². The van der Waals surface area contributed by atoms with Crippen molar-refractivity contribution in [1.82, 2.24) is 0 Å². The highest BCUT2D eigenvalue weighted by molar-refractivity contribution is 6.18. The lowest BCUT2D eigenvalue weighted by atomic mass is 9.58. The van der Waals surface area contributed by atoms with Crippen LogP contribution in [0.25, 0.3) is 0 Å². The number of hydrogen-bond donors (Lipinski definition) is 1. The number of fused-ring (bicyclic) bond motifs is 2. The zero-order valence-electron chi connectivity index (χ0n) is 15.4. The van der Waals surface area contributed by atoms with E-state index in [2.05, 4.69) is 0 Å². The molecule has 0 unspecified atom stereocenters. The van der Waals surface area contributed by atoms with Crippen molar-refractivity contribution in [3.8, 4) is 11.5 Å². The summed E-state index contributed by atoms with van der Waals surface area (Å²) in [5.74, 6) is 0.691. The van der Waals surface area contributed by atoms with Gasteiger partial charge in [-0.3, -0.25) is 9.59 Å². The van der Waals surface area contributed by atoms with Crippen LogP contribution in [0.3, 0.4) is 0 Å². The minimum absolute atomic E-state index is 0.0510. The van der Waals surface area contributed by atoms with Crippen LogP contribution in [-0.2, 0) is 16.0 Å². The number of benzene rings is 1. The summed E-state index contributed by atoms with van der Waals surface area (Å²) in [5, 5.41) is 10.4. The first-order valence-electron chi connectivity index (χ1n) is 8.25. The van der Waals surface area contributed by atoms with Crippen LogP contribution in [0.1, 0.15) is 49.9 Å². The molecule has 0 saturated carbocycles. The van der Waals surface area contributed by atoms with Gasteiger partial charge in [0.05, 0.1) is 5.41 Å². The van der Waals surface area contributed by atoms with Gasteiger partial charge in [0.25, 0.3) is 0 Å². The molecule has 1 aliphatic carbocycles. The van der Waals surface area contributed by atoms with Crippen molar-refractivity contribution in [3.63, 3.8) is 0 Å². The van der Waals surface area contributed by atoms with Gasteiger partial charge >= 0.3 is 0 Å². The van der Waals surface area contributed by atoms with E-state index in [-0.39, 0.29) is 17.3 Å². The number of aromatic hydroxyl groups is 1. The molecular formula is C20H24O4. The van der Waals surface area contributed by atoms with E-state index in [1.54, 1.807) is 27.7 Å². The van der Waals surface area contributed by atoms with Gasteiger partial charge < -0.3 is 9.84 Å². The molecule has 1 N–H and O–H groups in total. The second-order valence-electron chi connectivity index (χ2n) is 7.58. The van der Waals surface area contributed by atoms with E-state index in [0.717, 1.165) is 22.3 Å². The largest absolute Gasteiger partial charge is 0.507 e. The van der Waals surface area contributed by atoms with E-state index in [4.69, 9.17) is 4.74 Å². The van der Waals surface area contributed by atoms with Crippen molar-refractivity contribution in [2.24, 2.45) is 5.41 Å². The number of rotatable bonds is 0. The van der Waals surface area contributed by atoms with E-state index >= 15 is 0 Å². The Morgan fingerprint density at radius 2 is 1.42 bits per heavy atom. The average molecular weight is 328 g/mol. The highest BCUT2D eigenvalue weighted by Crippen LogP contribution is 2.54. The summed E-state index contributed by atoms with van der Waals surface area (Å²) in [6.45, 7) is 12.5. The number of allylic oxidation sites excluding steroid dienone is 1. The van der Waals surface area contributed by atoms with Gasteiger partial charge in [-0.15, -0.1) is 0 Å². The number of phenolic OH excluding ortho intramolecular Hbond substituents is 1. The van der Waals surface area contributed by atoms with E-state index in [1.165, 1.54) is 0 Å². The second kappa shape index (κ2) is 4.71. The van der Waals surface area contributed by atoms with Crippen LogP contribution in [0.4, 0.5) is 0 Å². The predicted octanol–water partition coefficient (Wildman–Crippen LogP) is 3.51. The Hall–Kier alpha value is -2.10. The number of ether oxygens (including phenoxy) is 1. The van der Waals surface area contributed by atoms with Crippen molar-refractivity contribution >= 4 is 11.6 Å². The van der Waals surface area contributed by atoms with Gasteiger partial charge in [-0.25, -0.2) is 0 Å². The SMILES string of the molecule is CC1=C(C)C(=O)[C@@]2(C)Cc3c(C)c(O)c(C)c(C)c3O[C@@]2(C)C1=O. The number of hydrogen-bond acceptors (Lipinski definition) is 4. The van der Waals surface area contributed by atoms with Crippen LogP contribution >= 0.6 is 0 Å². The number of carbonyl (C=O) groups excluding carboxylic acids is 2. The van der Waals surface area contributed by atoms with Gasteiger partial charge in [0, 0.05) is 11.1 Å². The first kappa shape index (κ1) is 16.7. The molecule has 1 heterocycles. The monoisotopic (exact) mass is 328 g/mol. The standard InChI is InChI=1S/C20H24O4/c1-9-10(2)16-14(13(5)15(9)21)8-19(6)17(22)11(3)12(4)18(23)20(19,7)24-16/h21H,8H2,1-7H3/t19-,20+/m1/s1. The van der Waals surface area contributed by atoms with Crippen LogP contribution < -0.4 is 4.74 Å². The Morgan fingerprint density at radius 3 is 2.00 bits per heavy atom. The lowest BCUT2D eigenvalue weighted by Gasteiger charge is -2.51. The van der Waals surface area contributed by atoms with Gasteiger partial charge in [-0.1, -0.05) is 0 Å². The Morgan fingerprint density at radius 1 is 0.875 bits per heavy atom. The van der Waals surface area contributed by atoms with E-state index in [1.807, 2.05) is 20.8 Å². The first-order valence-corrected chi connectivity index (χ1v) is 8.25. The maximum absolute atomic E-state index is 13.0. The summed E-state index contributed by atoms with van der Waals surface area (Å²) in [5.41, 5.74) is 1.91. The number of carbonyl (C=O) groups is 2. The zero-order valence-corrected chi connectivity index (χ0v) is 15.4. The fourth-order valence-corrected chi connectivity index (χ4v) is 4.06. The molecular weight excluding hydrogens is 304 g/mol. The van der Waals surface area contributed by atoms with E-state index < -0.39 is 11.0 Å². The molecule has 1 aromatic carbocycles. The zero-order chi connectivity index (χ0) is 18.2. The van der Waals surface area contributed by atoms with Crippen LogP contribution in [0.15, 0.2) is 11.1 Å². The molecule has 24 heavy (non-hydrogen) atoms. The molecule has 0 saturated heterocycles. The summed E-state index contributed by atoms with van der Waals surface area (Å²) in [6, 6.07) is 0. The molecule has 1 aliphatic heterocycles. The van der Waals surface area contributed by atoms with E-state index in [0.29, 0.717) is 23.3 Å². The predicted molar refractivity (Wildman–Crippen MR) is 91.5 cm³/mol. The Kier molecular flexibility index (Phi) is 3.29. The third-order valence-electron chi connectivity index (χ3n) is 6.41. The molecule has 0 aromatic heterocycles. The summed E-state index contributed by atoms with van der Waals surface area (Å²) in [7, 11) is 0. The lowest BCUT2D eigenvalue weighted by molar-refractivity contribution is -0.156. The minimum Gasteiger partial charge on any atom is -0.507 e. The summed E-state index contributed by atoms with van der Waals surface area (Å²) in [6.07, 6.45) is 0.383. The third kappa shape index (κ3) is 1.69. The third-order valence-corrected chi connectivity index (χ3v) is 6.41. The lowest BCUT2D eigenvalue weighted by Crippen LogP contribution is -2.64. The van der Waals surface area contributed by atoms with Crippen molar-refractivity contribution in [2.75, 3.05) is 0 Å². The van der Waals surface area contributed by atoms with Gasteiger partial charge in [0.2, 0.25) is 5.78 Å². The molecule has 4 nitrogen and oxygen atoms in total. The van der Waals surface area contributed by atoms with Gasteiger partial charge in [0.15, 0.2) is 11.4 Å². The normalized spacial score (nSPS) is 29.3. The summed E-state index contributed by atoms with van der Waals surface area (Å²) < 4.78 is 6.26. The average Bonchev–Trinajstić information content (AvgIpc) is 2.56. The molecule has 0 amide bonds. The molecule has 0 bridgehead atoms. The highest BCUT2D eigenvalue weighted by atomic mass is 16.5. The Labute approximate surface area is 142 Å². The number of Topliss-reactive ketones (excluding diaryl/α,β-unsaturated/α-hetero) is 2. The Balaban J connectivity index is 2.34. The van der Waals surface area contributed by atoms with Crippen molar-refractivity contribution in [1.29, 1.82) is 0 Å².